The van der Waals surface area contributed by atoms with E-state index in [4.69, 9.17) is 14.7 Å². The van der Waals surface area contributed by atoms with Crippen molar-refractivity contribution in [2.45, 2.75) is 6.54 Å². The highest BCUT2D eigenvalue weighted by atomic mass is 79.9. The van der Waals surface area contributed by atoms with E-state index in [2.05, 4.69) is 21.4 Å². The molecule has 0 saturated carbocycles. The van der Waals surface area contributed by atoms with E-state index >= 15 is 0 Å². The topological polar surface area (TPSA) is 50.7 Å². The average molecular weight is 262 g/mol. The van der Waals surface area contributed by atoms with Gasteiger partial charge in [-0.25, -0.2) is 5.48 Å². The maximum Gasteiger partial charge on any atom is 0.128 e. The molecule has 1 aromatic rings. The normalized spacial score (nSPS) is 10.0. The number of hydrogen-bond donors (Lipinski definition) is 2. The maximum atomic E-state index is 8.66. The molecule has 1 aromatic carbocycles. The third-order valence-corrected chi connectivity index (χ3v) is 2.29. The van der Waals surface area contributed by atoms with Gasteiger partial charge in [0.05, 0.1) is 26.3 Å². The molecule has 0 aromatic heterocycles. The van der Waals surface area contributed by atoms with Gasteiger partial charge in [-0.2, -0.15) is 0 Å². The van der Waals surface area contributed by atoms with E-state index < -0.39 is 0 Å². The number of hydrogen-bond acceptors (Lipinski definition) is 4. The largest absolute Gasteiger partial charge is 0.496 e. The number of nitrogens with one attached hydrogen (secondary N) is 1. The summed E-state index contributed by atoms with van der Waals surface area (Å²) in [5, 5.41) is 8.66. The molecular formula is C9H12BrNO3. The van der Waals surface area contributed by atoms with Crippen molar-refractivity contribution in [1.29, 1.82) is 0 Å². The Balaban J connectivity index is 3.18. The molecule has 0 radical (unpaired) electrons. The number of ether oxygens (including phenoxy) is 2. The van der Waals surface area contributed by atoms with Crippen LogP contribution in [0.4, 0.5) is 0 Å². The van der Waals surface area contributed by atoms with Gasteiger partial charge in [0.1, 0.15) is 11.5 Å². The molecule has 0 saturated heterocycles. The van der Waals surface area contributed by atoms with Gasteiger partial charge in [-0.1, -0.05) is 15.9 Å². The molecule has 4 nitrogen and oxygen atoms in total. The molecule has 5 heteroatoms. The Kier molecular flexibility index (Phi) is 4.19. The van der Waals surface area contributed by atoms with Gasteiger partial charge in [0.15, 0.2) is 0 Å². The summed E-state index contributed by atoms with van der Waals surface area (Å²) < 4.78 is 11.2. The number of methoxy groups -OCH3 is 2. The molecule has 0 heterocycles. The third kappa shape index (κ3) is 2.37. The fourth-order valence-corrected chi connectivity index (χ4v) is 1.62. The van der Waals surface area contributed by atoms with E-state index in [1.165, 1.54) is 0 Å². The molecule has 78 valence electrons. The molecular weight excluding hydrogens is 250 g/mol. The Hall–Kier alpha value is -0.780. The first-order valence-corrected chi connectivity index (χ1v) is 4.79. The molecule has 0 atom stereocenters. The fraction of sp³-hybridized carbons (Fsp3) is 0.333. The van der Waals surface area contributed by atoms with Crippen molar-refractivity contribution in [2.75, 3.05) is 14.2 Å². The summed E-state index contributed by atoms with van der Waals surface area (Å²) in [5.74, 6) is 1.33. The molecule has 14 heavy (non-hydrogen) atoms. The molecule has 0 fully saturated rings. The molecule has 0 aliphatic carbocycles. The average Bonchev–Trinajstić information content (AvgIpc) is 2.20. The molecule has 1 rings (SSSR count). The second-order valence-corrected chi connectivity index (χ2v) is 3.54. The van der Waals surface area contributed by atoms with E-state index in [9.17, 15) is 0 Å². The van der Waals surface area contributed by atoms with Crippen molar-refractivity contribution in [3.8, 4) is 11.5 Å². The zero-order valence-corrected chi connectivity index (χ0v) is 9.59. The zero-order valence-electron chi connectivity index (χ0n) is 8.00. The highest BCUT2D eigenvalue weighted by molar-refractivity contribution is 9.10. The van der Waals surface area contributed by atoms with Gasteiger partial charge in [-0.3, -0.25) is 0 Å². The van der Waals surface area contributed by atoms with Crippen LogP contribution in [-0.2, 0) is 6.54 Å². The van der Waals surface area contributed by atoms with Gasteiger partial charge in [0, 0.05) is 4.47 Å². The lowest BCUT2D eigenvalue weighted by Crippen LogP contribution is -2.09. The van der Waals surface area contributed by atoms with E-state index in [1.807, 2.05) is 12.1 Å². The van der Waals surface area contributed by atoms with Crippen LogP contribution in [0.3, 0.4) is 0 Å². The highest BCUT2D eigenvalue weighted by Gasteiger charge is 2.10. The van der Waals surface area contributed by atoms with Crippen molar-refractivity contribution >= 4 is 15.9 Å². The molecule has 0 aliphatic rings. The van der Waals surface area contributed by atoms with Gasteiger partial charge in [-0.05, 0) is 12.1 Å². The first-order chi connectivity index (χ1) is 6.72. The van der Waals surface area contributed by atoms with Gasteiger partial charge >= 0.3 is 0 Å². The van der Waals surface area contributed by atoms with Gasteiger partial charge < -0.3 is 14.7 Å². The summed E-state index contributed by atoms with van der Waals surface area (Å²) in [5.41, 5.74) is 2.86. The summed E-state index contributed by atoms with van der Waals surface area (Å²) in [6.45, 7) is 0.277. The summed E-state index contributed by atoms with van der Waals surface area (Å²) in [4.78, 5) is 0. The first-order valence-electron chi connectivity index (χ1n) is 4.00. The van der Waals surface area contributed by atoms with Crippen molar-refractivity contribution in [2.24, 2.45) is 0 Å². The summed E-state index contributed by atoms with van der Waals surface area (Å²) in [6.07, 6.45) is 0. The first kappa shape index (κ1) is 11.3. The van der Waals surface area contributed by atoms with Crippen LogP contribution in [0, 0.1) is 0 Å². The quantitative estimate of drug-likeness (QED) is 0.814. The molecule has 0 bridgehead atoms. The van der Waals surface area contributed by atoms with Crippen LogP contribution in [0.15, 0.2) is 16.6 Å². The van der Waals surface area contributed by atoms with Crippen molar-refractivity contribution in [3.63, 3.8) is 0 Å². The van der Waals surface area contributed by atoms with Crippen LogP contribution in [-0.4, -0.2) is 19.4 Å². The predicted molar refractivity (Wildman–Crippen MR) is 55.9 cm³/mol. The summed E-state index contributed by atoms with van der Waals surface area (Å²) >= 11 is 3.34. The molecule has 2 N–H and O–H groups in total. The smallest absolute Gasteiger partial charge is 0.128 e. The van der Waals surface area contributed by atoms with Gasteiger partial charge in [-0.15, -0.1) is 0 Å². The second kappa shape index (κ2) is 5.19. The number of benzene rings is 1. The standard InChI is InChI=1S/C9H12BrNO3/c1-13-8-3-6(10)4-9(14-2)7(8)5-11-12/h3-4,11-12H,5H2,1-2H3. The maximum absolute atomic E-state index is 8.66. The minimum Gasteiger partial charge on any atom is -0.496 e. The third-order valence-electron chi connectivity index (χ3n) is 1.83. The lowest BCUT2D eigenvalue weighted by atomic mass is 10.2. The minimum atomic E-state index is 0.277. The number of hydroxylamine groups is 1. The Morgan fingerprint density at radius 2 is 1.79 bits per heavy atom. The Labute approximate surface area is 90.9 Å². The highest BCUT2D eigenvalue weighted by Crippen LogP contribution is 2.32. The van der Waals surface area contributed by atoms with Crippen LogP contribution >= 0.6 is 15.9 Å². The zero-order chi connectivity index (χ0) is 10.6. The van der Waals surface area contributed by atoms with Crippen molar-refractivity contribution in [1.82, 2.24) is 5.48 Å². The Bertz CT molecular complexity index is 292. The van der Waals surface area contributed by atoms with Crippen LogP contribution in [0.5, 0.6) is 11.5 Å². The molecule has 0 amide bonds. The summed E-state index contributed by atoms with van der Waals surface area (Å²) in [6, 6.07) is 3.63. The van der Waals surface area contributed by atoms with E-state index in [-0.39, 0.29) is 6.54 Å². The van der Waals surface area contributed by atoms with Crippen LogP contribution < -0.4 is 15.0 Å². The summed E-state index contributed by atoms with van der Waals surface area (Å²) in [7, 11) is 3.14. The van der Waals surface area contributed by atoms with Crippen molar-refractivity contribution < 1.29 is 14.7 Å². The number of halogens is 1. The number of rotatable bonds is 4. The van der Waals surface area contributed by atoms with E-state index in [1.54, 1.807) is 14.2 Å². The van der Waals surface area contributed by atoms with Crippen LogP contribution in [0.25, 0.3) is 0 Å². The Morgan fingerprint density at radius 3 is 2.14 bits per heavy atom. The minimum absolute atomic E-state index is 0.277. The molecule has 0 spiro atoms. The Morgan fingerprint density at radius 1 is 1.29 bits per heavy atom. The monoisotopic (exact) mass is 261 g/mol. The lowest BCUT2D eigenvalue weighted by molar-refractivity contribution is 0.159. The van der Waals surface area contributed by atoms with E-state index in [0.717, 1.165) is 10.0 Å². The molecule has 0 unspecified atom stereocenters. The SMILES string of the molecule is COc1cc(Br)cc(OC)c1CNO. The fourth-order valence-electron chi connectivity index (χ4n) is 1.21. The van der Waals surface area contributed by atoms with Gasteiger partial charge in [0.25, 0.3) is 0 Å². The van der Waals surface area contributed by atoms with Crippen molar-refractivity contribution in [3.05, 3.63) is 22.2 Å². The van der Waals surface area contributed by atoms with E-state index in [0.29, 0.717) is 11.5 Å². The predicted octanol–water partition coefficient (Wildman–Crippen LogP) is 1.95. The lowest BCUT2D eigenvalue weighted by Gasteiger charge is -2.12. The van der Waals surface area contributed by atoms with Gasteiger partial charge in [0.2, 0.25) is 0 Å². The van der Waals surface area contributed by atoms with Crippen LogP contribution in [0.2, 0.25) is 0 Å². The second-order valence-electron chi connectivity index (χ2n) is 2.62. The molecule has 0 aliphatic heterocycles. The van der Waals surface area contributed by atoms with Crippen LogP contribution in [0.1, 0.15) is 5.56 Å².